The van der Waals surface area contributed by atoms with Crippen LogP contribution in [0.25, 0.3) is 33.3 Å². The van der Waals surface area contributed by atoms with E-state index in [0.29, 0.717) is 22.3 Å². The smallest absolute Gasteiger partial charge is 0.278 e. The Morgan fingerprint density at radius 3 is 2.23 bits per heavy atom. The van der Waals surface area contributed by atoms with Crippen molar-refractivity contribution < 1.29 is 18.0 Å². The highest BCUT2D eigenvalue weighted by atomic mass is 19.4. The lowest BCUT2D eigenvalue weighted by molar-refractivity contribution is -0.144. The predicted molar refractivity (Wildman–Crippen MR) is 111 cm³/mol. The summed E-state index contributed by atoms with van der Waals surface area (Å²) in [4.78, 5) is 13.7. The average Bonchev–Trinajstić information content (AvgIpc) is 3.07. The molecule has 0 aliphatic carbocycles. The number of carbonyl (C=O) groups excluding carboxylic acids is 1. The summed E-state index contributed by atoms with van der Waals surface area (Å²) >= 11 is 0. The van der Waals surface area contributed by atoms with Crippen molar-refractivity contribution in [1.29, 1.82) is 0 Å². The van der Waals surface area contributed by atoms with E-state index < -0.39 is 23.9 Å². The number of fused-ring (bicyclic) bond motifs is 5. The number of nitrogens with zero attached hydrogens (tertiary/aromatic N) is 1. The molecule has 0 radical (unpaired) electrons. The van der Waals surface area contributed by atoms with Crippen LogP contribution >= 0.6 is 0 Å². The third-order valence-electron chi connectivity index (χ3n) is 5.94. The van der Waals surface area contributed by atoms with Crippen LogP contribution in [0.5, 0.6) is 0 Å². The number of benzene rings is 3. The van der Waals surface area contributed by atoms with E-state index in [1.165, 1.54) is 11.5 Å². The standard InChI is InChI=1S/C25H18F3NO/c1-24(15-25(26,27)28)19-13-7-5-11-17(19)22-21(16-9-3-2-4-10-16)18-12-6-8-14-20(18)29(22)23(24)30/h2-14H,15H2,1H3/t24-/m1/s1. The van der Waals surface area contributed by atoms with Gasteiger partial charge in [-0.05, 0) is 24.1 Å². The molecule has 1 aliphatic rings. The first-order valence-electron chi connectivity index (χ1n) is 9.71. The first-order valence-corrected chi connectivity index (χ1v) is 9.71. The summed E-state index contributed by atoms with van der Waals surface area (Å²) in [6, 6.07) is 24.0. The molecule has 0 N–H and O–H groups in total. The minimum atomic E-state index is -4.47. The molecule has 0 saturated heterocycles. The molecular formula is C25H18F3NO. The van der Waals surface area contributed by atoms with Crippen LogP contribution in [0.3, 0.4) is 0 Å². The average molecular weight is 405 g/mol. The van der Waals surface area contributed by atoms with E-state index in [-0.39, 0.29) is 0 Å². The molecule has 30 heavy (non-hydrogen) atoms. The summed E-state index contributed by atoms with van der Waals surface area (Å²) in [5.41, 5.74) is 2.45. The molecule has 5 heteroatoms. The van der Waals surface area contributed by atoms with Crippen LogP contribution in [-0.2, 0) is 5.41 Å². The molecule has 150 valence electrons. The Hall–Kier alpha value is -3.34. The molecule has 2 heterocycles. The number of halogens is 3. The monoisotopic (exact) mass is 405 g/mol. The van der Waals surface area contributed by atoms with Gasteiger partial charge in [0.1, 0.15) is 0 Å². The van der Waals surface area contributed by atoms with Crippen LogP contribution in [0, 0.1) is 0 Å². The Morgan fingerprint density at radius 2 is 1.50 bits per heavy atom. The topological polar surface area (TPSA) is 22.0 Å². The number of hydrogen-bond donors (Lipinski definition) is 0. The highest BCUT2D eigenvalue weighted by Crippen LogP contribution is 2.51. The largest absolute Gasteiger partial charge is 0.390 e. The highest BCUT2D eigenvalue weighted by molar-refractivity contribution is 6.14. The lowest BCUT2D eigenvalue weighted by Gasteiger charge is -2.36. The number of aromatic nitrogens is 1. The van der Waals surface area contributed by atoms with Crippen LogP contribution in [0.2, 0.25) is 0 Å². The molecule has 0 fully saturated rings. The zero-order valence-corrected chi connectivity index (χ0v) is 16.2. The van der Waals surface area contributed by atoms with E-state index in [1.807, 2.05) is 48.5 Å². The van der Waals surface area contributed by atoms with Gasteiger partial charge in [0.25, 0.3) is 0 Å². The molecule has 1 aromatic heterocycles. The third kappa shape index (κ3) is 2.61. The predicted octanol–water partition coefficient (Wildman–Crippen LogP) is 6.84. The summed E-state index contributed by atoms with van der Waals surface area (Å²) in [7, 11) is 0. The van der Waals surface area contributed by atoms with Gasteiger partial charge < -0.3 is 0 Å². The fourth-order valence-electron chi connectivity index (χ4n) is 4.71. The Labute approximate surface area is 171 Å². The minimum absolute atomic E-state index is 0.416. The van der Waals surface area contributed by atoms with Crippen LogP contribution in [0.1, 0.15) is 23.7 Å². The van der Waals surface area contributed by atoms with Gasteiger partial charge in [0, 0.05) is 16.5 Å². The Kier molecular flexibility index (Phi) is 3.94. The molecule has 3 aromatic carbocycles. The number of hydrogen-bond acceptors (Lipinski definition) is 1. The highest BCUT2D eigenvalue weighted by Gasteiger charge is 2.50. The third-order valence-corrected chi connectivity index (χ3v) is 5.94. The fourth-order valence-corrected chi connectivity index (χ4v) is 4.71. The Balaban J connectivity index is 1.92. The van der Waals surface area contributed by atoms with E-state index in [2.05, 4.69) is 0 Å². The molecule has 4 aromatic rings. The molecule has 1 atom stereocenters. The normalized spacial score (nSPS) is 18.3. The first kappa shape index (κ1) is 18.7. The van der Waals surface area contributed by atoms with Gasteiger partial charge >= 0.3 is 6.18 Å². The van der Waals surface area contributed by atoms with Gasteiger partial charge in [-0.3, -0.25) is 9.36 Å². The lowest BCUT2D eigenvalue weighted by Crippen LogP contribution is -2.43. The maximum absolute atomic E-state index is 13.7. The number of alkyl halides is 3. The summed E-state index contributed by atoms with van der Waals surface area (Å²) in [6.45, 7) is 1.40. The Bertz CT molecular complexity index is 1290. The zero-order valence-electron chi connectivity index (χ0n) is 16.2. The zero-order chi connectivity index (χ0) is 21.1. The van der Waals surface area contributed by atoms with E-state index in [1.54, 1.807) is 30.3 Å². The molecule has 1 aliphatic heterocycles. The summed E-state index contributed by atoms with van der Waals surface area (Å²) in [5, 5.41) is 0.845. The Morgan fingerprint density at radius 1 is 0.867 bits per heavy atom. The molecule has 0 saturated carbocycles. The fraction of sp³-hybridized carbons (Fsp3) is 0.160. The first-order chi connectivity index (χ1) is 14.3. The number of rotatable bonds is 2. The van der Waals surface area contributed by atoms with Crippen LogP contribution in [0.15, 0.2) is 78.9 Å². The van der Waals surface area contributed by atoms with Crippen LogP contribution < -0.4 is 0 Å². The van der Waals surface area contributed by atoms with Gasteiger partial charge in [-0.1, -0.05) is 72.8 Å². The van der Waals surface area contributed by atoms with Gasteiger partial charge in [0.05, 0.1) is 23.0 Å². The summed E-state index contributed by atoms with van der Waals surface area (Å²) < 4.78 is 42.1. The second kappa shape index (κ2) is 6.33. The van der Waals surface area contributed by atoms with Gasteiger partial charge in [-0.2, -0.15) is 13.2 Å². The van der Waals surface area contributed by atoms with Crippen LogP contribution in [0.4, 0.5) is 13.2 Å². The molecule has 2 nitrogen and oxygen atoms in total. The second-order valence-electron chi connectivity index (χ2n) is 7.92. The van der Waals surface area contributed by atoms with E-state index in [4.69, 9.17) is 0 Å². The van der Waals surface area contributed by atoms with Crippen molar-refractivity contribution in [3.63, 3.8) is 0 Å². The molecule has 0 amide bonds. The number of para-hydroxylation sites is 1. The summed E-state index contributed by atoms with van der Waals surface area (Å²) in [5.74, 6) is -0.549. The number of carbonyl (C=O) groups is 1. The molecule has 0 unspecified atom stereocenters. The maximum Gasteiger partial charge on any atom is 0.390 e. The van der Waals surface area contributed by atoms with Gasteiger partial charge in [0.2, 0.25) is 5.91 Å². The second-order valence-corrected chi connectivity index (χ2v) is 7.92. The van der Waals surface area contributed by atoms with Gasteiger partial charge in [-0.15, -0.1) is 0 Å². The van der Waals surface area contributed by atoms with Crippen molar-refractivity contribution in [2.45, 2.75) is 24.9 Å². The van der Waals surface area contributed by atoms with Crippen molar-refractivity contribution in [2.24, 2.45) is 0 Å². The van der Waals surface area contributed by atoms with Crippen LogP contribution in [-0.4, -0.2) is 16.7 Å². The van der Waals surface area contributed by atoms with E-state index >= 15 is 0 Å². The quantitative estimate of drug-likeness (QED) is 0.358. The lowest BCUT2D eigenvalue weighted by atomic mass is 9.73. The van der Waals surface area contributed by atoms with E-state index in [0.717, 1.165) is 16.5 Å². The molecular weight excluding hydrogens is 387 g/mol. The summed E-state index contributed by atoms with van der Waals surface area (Å²) in [6.07, 6.45) is -5.68. The minimum Gasteiger partial charge on any atom is -0.278 e. The van der Waals surface area contributed by atoms with Gasteiger partial charge in [0.15, 0.2) is 0 Å². The maximum atomic E-state index is 13.7. The van der Waals surface area contributed by atoms with E-state index in [9.17, 15) is 18.0 Å². The van der Waals surface area contributed by atoms with Crippen molar-refractivity contribution >= 4 is 16.8 Å². The van der Waals surface area contributed by atoms with Crippen molar-refractivity contribution in [2.75, 3.05) is 0 Å². The van der Waals surface area contributed by atoms with Crippen molar-refractivity contribution in [3.8, 4) is 22.4 Å². The van der Waals surface area contributed by atoms with Gasteiger partial charge in [-0.25, -0.2) is 0 Å². The molecule has 0 bridgehead atoms. The SMILES string of the molecule is C[C@]1(CC(F)(F)F)C(=O)n2c(c(-c3ccccc3)c3ccccc32)-c2ccccc21. The van der Waals surface area contributed by atoms with Crippen molar-refractivity contribution in [3.05, 3.63) is 84.4 Å². The molecule has 5 rings (SSSR count). The molecule has 0 spiro atoms. The van der Waals surface area contributed by atoms with Crippen molar-refractivity contribution in [1.82, 2.24) is 4.57 Å².